The Bertz CT molecular complexity index is 1030. The van der Waals surface area contributed by atoms with Gasteiger partial charge in [0, 0.05) is 10.2 Å². The SMILES string of the molecule is Cc1ccc(S(=O)(=O)N(CC(=O)NN=C2CCCCCCC2)c2cccc(Br)c2)cc1. The molecule has 1 N–H and O–H groups in total. The number of hydrazone groups is 1. The van der Waals surface area contributed by atoms with Gasteiger partial charge in [0.2, 0.25) is 0 Å². The lowest BCUT2D eigenvalue weighted by atomic mass is 9.99. The van der Waals surface area contributed by atoms with Gasteiger partial charge >= 0.3 is 0 Å². The van der Waals surface area contributed by atoms with E-state index in [4.69, 9.17) is 0 Å². The Morgan fingerprint density at radius 1 is 1.03 bits per heavy atom. The molecule has 0 spiro atoms. The predicted molar refractivity (Wildman–Crippen MR) is 128 cm³/mol. The highest BCUT2D eigenvalue weighted by molar-refractivity contribution is 9.10. The lowest BCUT2D eigenvalue weighted by Crippen LogP contribution is -2.39. The molecule has 2 aromatic carbocycles. The number of sulfonamides is 1. The predicted octanol–water partition coefficient (Wildman–Crippen LogP) is 5.17. The summed E-state index contributed by atoms with van der Waals surface area (Å²) in [5.74, 6) is -0.467. The Morgan fingerprint density at radius 2 is 1.68 bits per heavy atom. The third-order valence-corrected chi connectivity index (χ3v) is 7.54. The minimum Gasteiger partial charge on any atom is -0.271 e. The van der Waals surface area contributed by atoms with Crippen LogP contribution in [0.5, 0.6) is 0 Å². The third kappa shape index (κ3) is 6.64. The number of hydrogen-bond donors (Lipinski definition) is 1. The van der Waals surface area contributed by atoms with Gasteiger partial charge in [-0.15, -0.1) is 0 Å². The molecule has 0 aliphatic heterocycles. The average molecular weight is 506 g/mol. The van der Waals surface area contributed by atoms with Gasteiger partial charge in [-0.25, -0.2) is 13.8 Å². The second kappa shape index (κ2) is 10.9. The van der Waals surface area contributed by atoms with Gasteiger partial charge in [0.05, 0.1) is 10.6 Å². The Kier molecular flexibility index (Phi) is 8.26. The first-order chi connectivity index (χ1) is 14.9. The van der Waals surface area contributed by atoms with E-state index in [9.17, 15) is 13.2 Å². The third-order valence-electron chi connectivity index (χ3n) is 5.26. The number of halogens is 1. The monoisotopic (exact) mass is 505 g/mol. The first kappa shape index (κ1) is 23.5. The first-order valence-electron chi connectivity index (χ1n) is 10.6. The van der Waals surface area contributed by atoms with Crippen molar-refractivity contribution in [1.82, 2.24) is 5.43 Å². The van der Waals surface area contributed by atoms with E-state index in [1.54, 1.807) is 48.5 Å². The summed E-state index contributed by atoms with van der Waals surface area (Å²) < 4.78 is 28.6. The molecule has 0 bridgehead atoms. The maximum absolute atomic E-state index is 13.4. The van der Waals surface area contributed by atoms with E-state index in [-0.39, 0.29) is 11.4 Å². The van der Waals surface area contributed by atoms with E-state index in [1.807, 2.05) is 6.92 Å². The average Bonchev–Trinajstić information content (AvgIpc) is 2.71. The van der Waals surface area contributed by atoms with Crippen LogP contribution < -0.4 is 9.73 Å². The van der Waals surface area contributed by atoms with Gasteiger partial charge < -0.3 is 0 Å². The van der Waals surface area contributed by atoms with Gasteiger partial charge in [0.1, 0.15) is 6.54 Å². The van der Waals surface area contributed by atoms with Crippen LogP contribution in [0.15, 0.2) is 63.0 Å². The Morgan fingerprint density at radius 3 is 2.32 bits per heavy atom. The molecule has 166 valence electrons. The fourth-order valence-corrected chi connectivity index (χ4v) is 5.32. The molecule has 31 heavy (non-hydrogen) atoms. The second-order valence-electron chi connectivity index (χ2n) is 7.79. The summed E-state index contributed by atoms with van der Waals surface area (Å²) in [6, 6.07) is 13.5. The molecule has 2 aromatic rings. The topological polar surface area (TPSA) is 78.8 Å². The zero-order valence-corrected chi connectivity index (χ0v) is 20.1. The standard InChI is InChI=1S/C23H28BrN3O3S/c1-18-12-14-22(15-13-18)31(29,30)27(21-11-7-8-19(24)16-21)17-23(28)26-25-20-9-5-3-2-4-6-10-20/h7-8,11-16H,2-6,9-10,17H2,1H3,(H,26,28). The fraction of sp³-hybridized carbons (Fsp3) is 0.391. The van der Waals surface area contributed by atoms with E-state index < -0.39 is 15.9 Å². The van der Waals surface area contributed by atoms with Crippen LogP contribution in [0.1, 0.15) is 50.5 Å². The molecule has 3 rings (SSSR count). The Labute approximate surface area is 192 Å². The summed E-state index contributed by atoms with van der Waals surface area (Å²) in [6.45, 7) is 1.54. The molecule has 1 saturated carbocycles. The molecule has 1 amide bonds. The Balaban J connectivity index is 1.83. The number of nitrogens with one attached hydrogen (secondary N) is 1. The van der Waals surface area contributed by atoms with Gasteiger partial charge in [-0.3, -0.25) is 9.10 Å². The second-order valence-corrected chi connectivity index (χ2v) is 10.6. The van der Waals surface area contributed by atoms with Crippen molar-refractivity contribution in [2.45, 2.75) is 56.8 Å². The van der Waals surface area contributed by atoms with Crippen LogP contribution in [-0.4, -0.2) is 26.6 Å². The summed E-state index contributed by atoms with van der Waals surface area (Å²) in [6.07, 6.45) is 7.49. The van der Waals surface area contributed by atoms with Crippen molar-refractivity contribution in [3.63, 3.8) is 0 Å². The fourth-order valence-electron chi connectivity index (χ4n) is 3.52. The molecule has 1 fully saturated rings. The number of aryl methyl sites for hydroxylation is 1. The van der Waals surface area contributed by atoms with Gasteiger partial charge in [0.25, 0.3) is 15.9 Å². The van der Waals surface area contributed by atoms with Crippen molar-refractivity contribution in [2.24, 2.45) is 5.10 Å². The van der Waals surface area contributed by atoms with Crippen LogP contribution in [0.4, 0.5) is 5.69 Å². The van der Waals surface area contributed by atoms with Crippen LogP contribution in [0.3, 0.4) is 0 Å². The number of amides is 1. The highest BCUT2D eigenvalue weighted by atomic mass is 79.9. The van der Waals surface area contributed by atoms with Crippen LogP contribution in [0.2, 0.25) is 0 Å². The van der Waals surface area contributed by atoms with E-state index in [2.05, 4.69) is 26.5 Å². The molecule has 0 unspecified atom stereocenters. The molecule has 1 aliphatic carbocycles. The van der Waals surface area contributed by atoms with E-state index in [0.29, 0.717) is 5.69 Å². The van der Waals surface area contributed by atoms with Gasteiger partial charge in [0.15, 0.2) is 0 Å². The smallest absolute Gasteiger partial charge is 0.264 e. The van der Waals surface area contributed by atoms with E-state index in [0.717, 1.165) is 45.7 Å². The maximum atomic E-state index is 13.4. The number of hydrogen-bond acceptors (Lipinski definition) is 4. The zero-order chi connectivity index (χ0) is 22.3. The molecule has 0 saturated heterocycles. The lowest BCUT2D eigenvalue weighted by molar-refractivity contribution is -0.119. The summed E-state index contributed by atoms with van der Waals surface area (Å²) >= 11 is 3.38. The van der Waals surface area contributed by atoms with E-state index in [1.165, 1.54) is 19.3 Å². The molecular weight excluding hydrogens is 478 g/mol. The molecule has 0 heterocycles. The molecule has 6 nitrogen and oxygen atoms in total. The highest BCUT2D eigenvalue weighted by Gasteiger charge is 2.27. The Hall–Kier alpha value is -2.19. The maximum Gasteiger partial charge on any atom is 0.264 e. The van der Waals surface area contributed by atoms with Crippen molar-refractivity contribution >= 4 is 43.3 Å². The van der Waals surface area contributed by atoms with Crippen LogP contribution in [-0.2, 0) is 14.8 Å². The molecule has 8 heteroatoms. The summed E-state index contributed by atoms with van der Waals surface area (Å²) in [7, 11) is -3.93. The van der Waals surface area contributed by atoms with Crippen LogP contribution >= 0.6 is 15.9 Å². The molecule has 0 aromatic heterocycles. The molecular formula is C23H28BrN3O3S. The summed E-state index contributed by atoms with van der Waals surface area (Å²) in [4.78, 5) is 12.8. The normalized spacial score (nSPS) is 15.0. The minimum absolute atomic E-state index is 0.136. The number of nitrogens with zero attached hydrogens (tertiary/aromatic N) is 2. The van der Waals surface area contributed by atoms with Crippen LogP contribution in [0.25, 0.3) is 0 Å². The van der Waals surface area contributed by atoms with Gasteiger partial charge in [-0.2, -0.15) is 5.10 Å². The lowest BCUT2D eigenvalue weighted by Gasteiger charge is -2.24. The van der Waals surface area contributed by atoms with Crippen molar-refractivity contribution in [1.29, 1.82) is 0 Å². The van der Waals surface area contributed by atoms with Crippen molar-refractivity contribution < 1.29 is 13.2 Å². The first-order valence-corrected chi connectivity index (χ1v) is 12.8. The summed E-state index contributed by atoms with van der Waals surface area (Å²) in [5, 5.41) is 4.30. The van der Waals surface area contributed by atoms with Gasteiger partial charge in [-0.05, 0) is 62.9 Å². The minimum atomic E-state index is -3.93. The van der Waals surface area contributed by atoms with Crippen molar-refractivity contribution in [3.05, 3.63) is 58.6 Å². The quantitative estimate of drug-likeness (QED) is 0.549. The largest absolute Gasteiger partial charge is 0.271 e. The molecule has 0 atom stereocenters. The number of benzene rings is 2. The summed E-state index contributed by atoms with van der Waals surface area (Å²) in [5.41, 5.74) is 4.92. The number of rotatable bonds is 6. The van der Waals surface area contributed by atoms with Crippen LogP contribution in [0, 0.1) is 6.92 Å². The van der Waals surface area contributed by atoms with E-state index >= 15 is 0 Å². The highest BCUT2D eigenvalue weighted by Crippen LogP contribution is 2.26. The number of anilines is 1. The van der Waals surface area contributed by atoms with Gasteiger partial charge in [-0.1, -0.05) is 59.0 Å². The van der Waals surface area contributed by atoms with Crippen molar-refractivity contribution in [2.75, 3.05) is 10.8 Å². The molecule has 0 radical (unpaired) electrons. The van der Waals surface area contributed by atoms with Crippen molar-refractivity contribution in [3.8, 4) is 0 Å². The zero-order valence-electron chi connectivity index (χ0n) is 17.7. The molecule has 1 aliphatic rings. The number of carbonyl (C=O) groups is 1. The number of carbonyl (C=O) groups excluding carboxylic acids is 1.